The Morgan fingerprint density at radius 2 is 1.96 bits per heavy atom. The number of amides is 1. The first kappa shape index (κ1) is 16.2. The average Bonchev–Trinajstić information content (AvgIpc) is 2.96. The normalized spacial score (nSPS) is 14.5. The van der Waals surface area contributed by atoms with Crippen molar-refractivity contribution < 1.29 is 4.79 Å². The molecule has 0 saturated carbocycles. The molecular formula is C20H21N3OS. The lowest BCUT2D eigenvalue weighted by Gasteiger charge is -2.27. The largest absolute Gasteiger partial charge is 0.301 e. The number of nitrogens with zero attached hydrogens (tertiary/aromatic N) is 2. The highest BCUT2D eigenvalue weighted by molar-refractivity contribution is 7.22. The predicted molar refractivity (Wildman–Crippen MR) is 103 cm³/mol. The van der Waals surface area contributed by atoms with Gasteiger partial charge in [-0.25, -0.2) is 4.98 Å². The number of hydrogen-bond donors (Lipinski definition) is 1. The van der Waals surface area contributed by atoms with Gasteiger partial charge in [-0.15, -0.1) is 0 Å². The molecular weight excluding hydrogens is 330 g/mol. The van der Waals surface area contributed by atoms with Gasteiger partial charge < -0.3 is 5.32 Å². The maximum Gasteiger partial charge on any atom is 0.240 e. The zero-order chi connectivity index (χ0) is 17.4. The van der Waals surface area contributed by atoms with Gasteiger partial charge in [0, 0.05) is 13.1 Å². The SMILES string of the molecule is Cc1cc2nc(NC(=O)CN3CCc4ccccc4C3)sc2cc1C. The highest BCUT2D eigenvalue weighted by atomic mass is 32.1. The van der Waals surface area contributed by atoms with Crippen molar-refractivity contribution in [2.45, 2.75) is 26.8 Å². The van der Waals surface area contributed by atoms with Crippen LogP contribution >= 0.6 is 11.3 Å². The molecule has 3 aromatic rings. The molecule has 0 aliphatic carbocycles. The monoisotopic (exact) mass is 351 g/mol. The second-order valence-corrected chi connectivity index (χ2v) is 7.73. The second-order valence-electron chi connectivity index (χ2n) is 6.70. The zero-order valence-corrected chi connectivity index (χ0v) is 15.3. The number of fused-ring (bicyclic) bond motifs is 2. The number of anilines is 1. The Balaban J connectivity index is 1.43. The standard InChI is InChI=1S/C20H21N3OS/c1-13-9-17-18(10-14(13)2)25-20(21-17)22-19(24)12-23-8-7-15-5-3-4-6-16(15)11-23/h3-6,9-10H,7-8,11-12H2,1-2H3,(H,21,22,24). The molecule has 1 aromatic heterocycles. The Kier molecular flexibility index (Phi) is 4.27. The molecule has 0 atom stereocenters. The van der Waals surface area contributed by atoms with Crippen LogP contribution in [0.3, 0.4) is 0 Å². The van der Waals surface area contributed by atoms with Crippen LogP contribution < -0.4 is 5.32 Å². The molecule has 2 heterocycles. The van der Waals surface area contributed by atoms with Gasteiger partial charge in [-0.3, -0.25) is 9.69 Å². The van der Waals surface area contributed by atoms with E-state index in [1.54, 1.807) is 0 Å². The predicted octanol–water partition coefficient (Wildman–Crippen LogP) is 3.91. The molecule has 0 bridgehead atoms. The topological polar surface area (TPSA) is 45.2 Å². The van der Waals surface area contributed by atoms with E-state index < -0.39 is 0 Å². The van der Waals surface area contributed by atoms with Gasteiger partial charge in [0.2, 0.25) is 5.91 Å². The van der Waals surface area contributed by atoms with Crippen molar-refractivity contribution >= 4 is 32.6 Å². The van der Waals surface area contributed by atoms with Gasteiger partial charge in [0.25, 0.3) is 0 Å². The number of hydrogen-bond acceptors (Lipinski definition) is 4. The second kappa shape index (κ2) is 6.58. The number of aryl methyl sites for hydroxylation is 2. The third-order valence-electron chi connectivity index (χ3n) is 4.83. The van der Waals surface area contributed by atoms with E-state index in [9.17, 15) is 4.79 Å². The molecule has 0 fully saturated rings. The number of carbonyl (C=O) groups excluding carboxylic acids is 1. The van der Waals surface area contributed by atoms with Crippen molar-refractivity contribution in [3.63, 3.8) is 0 Å². The van der Waals surface area contributed by atoms with Crippen LogP contribution in [0.1, 0.15) is 22.3 Å². The Morgan fingerprint density at radius 1 is 1.20 bits per heavy atom. The summed E-state index contributed by atoms with van der Waals surface area (Å²) < 4.78 is 1.12. The molecule has 128 valence electrons. The van der Waals surface area contributed by atoms with Gasteiger partial charge in [0.05, 0.1) is 16.8 Å². The van der Waals surface area contributed by atoms with Gasteiger partial charge in [-0.2, -0.15) is 0 Å². The quantitative estimate of drug-likeness (QED) is 0.778. The summed E-state index contributed by atoms with van der Waals surface area (Å²) >= 11 is 1.54. The third kappa shape index (κ3) is 3.43. The van der Waals surface area contributed by atoms with Crippen LogP contribution in [0.2, 0.25) is 0 Å². The summed E-state index contributed by atoms with van der Waals surface area (Å²) in [6.07, 6.45) is 1.00. The van der Waals surface area contributed by atoms with Gasteiger partial charge in [0.15, 0.2) is 5.13 Å². The van der Waals surface area contributed by atoms with Crippen molar-refractivity contribution in [3.05, 3.63) is 58.7 Å². The number of benzene rings is 2. The number of rotatable bonds is 3. The Morgan fingerprint density at radius 3 is 2.80 bits per heavy atom. The van der Waals surface area contributed by atoms with E-state index >= 15 is 0 Å². The fourth-order valence-electron chi connectivity index (χ4n) is 3.28. The van der Waals surface area contributed by atoms with Crippen molar-refractivity contribution in [3.8, 4) is 0 Å². The summed E-state index contributed by atoms with van der Waals surface area (Å²) in [5.74, 6) is 0.00637. The number of nitrogens with one attached hydrogen (secondary N) is 1. The number of aromatic nitrogens is 1. The Hall–Kier alpha value is -2.24. The van der Waals surface area contributed by atoms with Crippen LogP contribution in [0.5, 0.6) is 0 Å². The van der Waals surface area contributed by atoms with E-state index in [2.05, 4.69) is 65.4 Å². The van der Waals surface area contributed by atoms with E-state index in [0.29, 0.717) is 11.7 Å². The van der Waals surface area contributed by atoms with Gasteiger partial charge in [-0.1, -0.05) is 35.6 Å². The van der Waals surface area contributed by atoms with Crippen LogP contribution in [0.25, 0.3) is 10.2 Å². The molecule has 1 aliphatic heterocycles. The molecule has 1 aliphatic rings. The van der Waals surface area contributed by atoms with Crippen molar-refractivity contribution in [2.75, 3.05) is 18.4 Å². The third-order valence-corrected chi connectivity index (χ3v) is 5.76. The van der Waals surface area contributed by atoms with Crippen molar-refractivity contribution in [1.29, 1.82) is 0 Å². The van der Waals surface area contributed by atoms with Gasteiger partial charge in [0.1, 0.15) is 0 Å². The minimum atomic E-state index is 0.00637. The maximum absolute atomic E-state index is 12.4. The molecule has 1 N–H and O–H groups in total. The molecule has 0 unspecified atom stereocenters. The zero-order valence-electron chi connectivity index (χ0n) is 14.5. The Labute approximate surface area is 151 Å². The summed E-state index contributed by atoms with van der Waals surface area (Å²) in [4.78, 5) is 19.2. The molecule has 2 aromatic carbocycles. The number of carbonyl (C=O) groups is 1. The van der Waals surface area contributed by atoms with Crippen LogP contribution in [-0.4, -0.2) is 28.9 Å². The lowest BCUT2D eigenvalue weighted by molar-refractivity contribution is -0.117. The van der Waals surface area contributed by atoms with Crippen LogP contribution in [0.15, 0.2) is 36.4 Å². The van der Waals surface area contributed by atoms with E-state index in [-0.39, 0.29) is 5.91 Å². The fraction of sp³-hybridized carbons (Fsp3) is 0.300. The minimum absolute atomic E-state index is 0.00637. The lowest BCUT2D eigenvalue weighted by atomic mass is 10.00. The average molecular weight is 351 g/mol. The van der Waals surface area contributed by atoms with E-state index in [0.717, 1.165) is 29.7 Å². The summed E-state index contributed by atoms with van der Waals surface area (Å²) in [7, 11) is 0. The first-order valence-electron chi connectivity index (χ1n) is 8.55. The molecule has 4 nitrogen and oxygen atoms in total. The summed E-state index contributed by atoms with van der Waals surface area (Å²) in [6, 6.07) is 12.7. The van der Waals surface area contributed by atoms with Crippen LogP contribution in [0.4, 0.5) is 5.13 Å². The highest BCUT2D eigenvalue weighted by Crippen LogP contribution is 2.28. The lowest BCUT2D eigenvalue weighted by Crippen LogP contribution is -2.37. The Bertz CT molecular complexity index is 908. The highest BCUT2D eigenvalue weighted by Gasteiger charge is 2.18. The van der Waals surface area contributed by atoms with E-state index in [4.69, 9.17) is 0 Å². The van der Waals surface area contributed by atoms with E-state index in [1.807, 2.05) is 0 Å². The maximum atomic E-state index is 12.4. The molecule has 4 rings (SSSR count). The summed E-state index contributed by atoms with van der Waals surface area (Å²) in [6.45, 7) is 6.34. The van der Waals surface area contributed by atoms with Gasteiger partial charge in [-0.05, 0) is 54.7 Å². The molecule has 0 radical (unpaired) electrons. The minimum Gasteiger partial charge on any atom is -0.301 e. The molecule has 1 amide bonds. The number of thiazole rings is 1. The summed E-state index contributed by atoms with van der Waals surface area (Å²) in [5, 5.41) is 3.65. The molecule has 0 saturated heterocycles. The smallest absolute Gasteiger partial charge is 0.240 e. The summed E-state index contributed by atoms with van der Waals surface area (Å²) in [5.41, 5.74) is 6.16. The van der Waals surface area contributed by atoms with Crippen LogP contribution in [0, 0.1) is 13.8 Å². The van der Waals surface area contributed by atoms with Crippen molar-refractivity contribution in [1.82, 2.24) is 9.88 Å². The fourth-order valence-corrected chi connectivity index (χ4v) is 4.25. The molecule has 0 spiro atoms. The van der Waals surface area contributed by atoms with E-state index in [1.165, 1.54) is 33.6 Å². The first-order valence-corrected chi connectivity index (χ1v) is 9.37. The first-order chi connectivity index (χ1) is 12.1. The van der Waals surface area contributed by atoms with Crippen molar-refractivity contribution in [2.24, 2.45) is 0 Å². The molecule has 5 heteroatoms. The van der Waals surface area contributed by atoms with Gasteiger partial charge >= 0.3 is 0 Å². The van der Waals surface area contributed by atoms with Crippen LogP contribution in [-0.2, 0) is 17.8 Å². The molecule has 25 heavy (non-hydrogen) atoms.